The fraction of sp³-hybridized carbons (Fsp3) is 0.176. The van der Waals surface area contributed by atoms with Crippen LogP contribution in [0.2, 0.25) is 5.02 Å². The first-order valence-corrected chi connectivity index (χ1v) is 8.60. The maximum Gasteiger partial charge on any atom is 0.264 e. The van der Waals surface area contributed by atoms with Crippen LogP contribution in [-0.2, 0) is 5.75 Å². The molecule has 0 aliphatic carbocycles. The second kappa shape index (κ2) is 7.32. The Hall–Kier alpha value is -1.92. The first kappa shape index (κ1) is 16.9. The van der Waals surface area contributed by atoms with E-state index in [-0.39, 0.29) is 16.4 Å². The monoisotopic (exact) mass is 366 g/mol. The van der Waals surface area contributed by atoms with E-state index in [1.54, 1.807) is 12.1 Å². The summed E-state index contributed by atoms with van der Waals surface area (Å²) in [6.07, 6.45) is 0. The van der Waals surface area contributed by atoms with E-state index >= 15 is 0 Å². The Balaban J connectivity index is 1.73. The van der Waals surface area contributed by atoms with Crippen molar-refractivity contribution in [3.8, 4) is 0 Å². The van der Waals surface area contributed by atoms with Crippen LogP contribution in [0.1, 0.15) is 15.9 Å². The number of hydrogen-bond donors (Lipinski definition) is 0. The van der Waals surface area contributed by atoms with Crippen molar-refractivity contribution >= 4 is 34.4 Å². The number of nitrogens with zero attached hydrogens (tertiary/aromatic N) is 2. The summed E-state index contributed by atoms with van der Waals surface area (Å²) in [7, 11) is 0. The summed E-state index contributed by atoms with van der Waals surface area (Å²) in [5.74, 6) is -0.912. The lowest BCUT2D eigenvalue weighted by molar-refractivity contribution is 0.0856. The van der Waals surface area contributed by atoms with Crippen LogP contribution < -0.4 is 0 Å². The van der Waals surface area contributed by atoms with Gasteiger partial charge in [-0.05, 0) is 29.8 Å². The largest absolute Gasteiger partial charge is 0.285 e. The number of benzene rings is 2. The Labute approximate surface area is 147 Å². The van der Waals surface area contributed by atoms with Crippen molar-refractivity contribution in [3.63, 3.8) is 0 Å². The zero-order valence-electron chi connectivity index (χ0n) is 12.5. The van der Waals surface area contributed by atoms with E-state index in [0.29, 0.717) is 24.0 Å². The van der Waals surface area contributed by atoms with Crippen molar-refractivity contribution in [3.05, 3.63) is 70.2 Å². The molecule has 3 nitrogen and oxygen atoms in total. The van der Waals surface area contributed by atoms with Crippen molar-refractivity contribution in [2.75, 3.05) is 13.1 Å². The topological polar surface area (TPSA) is 32.7 Å². The summed E-state index contributed by atoms with van der Waals surface area (Å²) in [5, 5.41) is 0.596. The number of rotatable bonds is 3. The molecule has 1 aliphatic heterocycles. The molecule has 0 bridgehead atoms. The fourth-order valence-corrected chi connectivity index (χ4v) is 3.55. The van der Waals surface area contributed by atoms with Crippen LogP contribution in [0.15, 0.2) is 47.5 Å². The third kappa shape index (κ3) is 3.60. The SMILES string of the molecule is O=C(c1c(F)cccc1Cl)N1CCN=C1SCc1ccc(F)cc1. The van der Waals surface area contributed by atoms with Gasteiger partial charge in [-0.1, -0.05) is 41.6 Å². The summed E-state index contributed by atoms with van der Waals surface area (Å²) in [4.78, 5) is 18.3. The van der Waals surface area contributed by atoms with E-state index in [1.165, 1.54) is 47.0 Å². The smallest absolute Gasteiger partial charge is 0.264 e. The number of amidine groups is 1. The third-order valence-electron chi connectivity index (χ3n) is 3.50. The molecule has 0 N–H and O–H groups in total. The van der Waals surface area contributed by atoms with Crippen molar-refractivity contribution in [1.82, 2.24) is 4.90 Å². The highest BCUT2D eigenvalue weighted by atomic mass is 35.5. The molecule has 7 heteroatoms. The Morgan fingerprint density at radius 2 is 1.96 bits per heavy atom. The second-order valence-corrected chi connectivity index (χ2v) is 6.48. The molecule has 0 saturated carbocycles. The van der Waals surface area contributed by atoms with Gasteiger partial charge in [-0.2, -0.15) is 0 Å². The van der Waals surface area contributed by atoms with Crippen LogP contribution in [0.4, 0.5) is 8.78 Å². The number of amides is 1. The molecule has 0 spiro atoms. The van der Waals surface area contributed by atoms with Gasteiger partial charge in [-0.25, -0.2) is 8.78 Å². The van der Waals surface area contributed by atoms with E-state index in [4.69, 9.17) is 11.6 Å². The molecular formula is C17H13ClF2N2OS. The van der Waals surface area contributed by atoms with Crippen molar-refractivity contribution in [2.45, 2.75) is 5.75 Å². The highest BCUT2D eigenvalue weighted by molar-refractivity contribution is 8.13. The first-order valence-electron chi connectivity index (χ1n) is 7.24. The van der Waals surface area contributed by atoms with Crippen LogP contribution in [0, 0.1) is 11.6 Å². The van der Waals surface area contributed by atoms with Crippen LogP contribution in [-0.4, -0.2) is 29.1 Å². The van der Waals surface area contributed by atoms with Gasteiger partial charge in [0.05, 0.1) is 17.1 Å². The Bertz CT molecular complexity index is 775. The molecule has 2 aromatic carbocycles. The van der Waals surface area contributed by atoms with Gasteiger partial charge in [0, 0.05) is 12.3 Å². The van der Waals surface area contributed by atoms with E-state index in [2.05, 4.69) is 4.99 Å². The maximum absolute atomic E-state index is 14.0. The number of carbonyl (C=O) groups excluding carboxylic acids is 1. The highest BCUT2D eigenvalue weighted by Crippen LogP contribution is 2.25. The molecule has 0 radical (unpaired) electrons. The number of aliphatic imine (C=N–C) groups is 1. The average molecular weight is 367 g/mol. The molecule has 2 aromatic rings. The fourth-order valence-electron chi connectivity index (χ4n) is 2.30. The van der Waals surface area contributed by atoms with Crippen LogP contribution in [0.3, 0.4) is 0 Å². The number of hydrogen-bond acceptors (Lipinski definition) is 3. The van der Waals surface area contributed by atoms with Gasteiger partial charge in [0.2, 0.25) is 0 Å². The molecule has 0 atom stereocenters. The van der Waals surface area contributed by atoms with E-state index < -0.39 is 11.7 Å². The van der Waals surface area contributed by atoms with Gasteiger partial charge >= 0.3 is 0 Å². The lowest BCUT2D eigenvalue weighted by atomic mass is 10.2. The second-order valence-electron chi connectivity index (χ2n) is 5.13. The molecule has 1 heterocycles. The molecule has 1 amide bonds. The van der Waals surface area contributed by atoms with Gasteiger partial charge in [-0.3, -0.25) is 14.7 Å². The minimum atomic E-state index is -0.651. The molecule has 0 unspecified atom stereocenters. The van der Waals surface area contributed by atoms with Gasteiger partial charge < -0.3 is 0 Å². The molecule has 3 rings (SSSR count). The summed E-state index contributed by atoms with van der Waals surface area (Å²) in [6.45, 7) is 0.846. The van der Waals surface area contributed by atoms with E-state index in [9.17, 15) is 13.6 Å². The number of carbonyl (C=O) groups is 1. The summed E-state index contributed by atoms with van der Waals surface area (Å²) < 4.78 is 26.9. The molecule has 0 saturated heterocycles. The Kier molecular flexibility index (Phi) is 5.16. The highest BCUT2D eigenvalue weighted by Gasteiger charge is 2.28. The minimum absolute atomic E-state index is 0.0785. The zero-order valence-corrected chi connectivity index (χ0v) is 14.1. The summed E-state index contributed by atoms with van der Waals surface area (Å²) >= 11 is 7.32. The van der Waals surface area contributed by atoms with Crippen molar-refractivity contribution in [1.29, 1.82) is 0 Å². The molecular weight excluding hydrogens is 354 g/mol. The lowest BCUT2D eigenvalue weighted by Crippen LogP contribution is -2.33. The summed E-state index contributed by atoms with van der Waals surface area (Å²) in [6, 6.07) is 10.3. The quantitative estimate of drug-likeness (QED) is 0.808. The third-order valence-corrected chi connectivity index (χ3v) is 4.90. The van der Waals surface area contributed by atoms with Gasteiger partial charge in [-0.15, -0.1) is 0 Å². The van der Waals surface area contributed by atoms with Crippen molar-refractivity contribution < 1.29 is 13.6 Å². The average Bonchev–Trinajstić information content (AvgIpc) is 3.02. The van der Waals surface area contributed by atoms with Gasteiger partial charge in [0.25, 0.3) is 5.91 Å². The minimum Gasteiger partial charge on any atom is -0.285 e. The standard InChI is InChI=1S/C17H13ClF2N2OS/c18-13-2-1-3-14(20)15(13)16(23)22-9-8-21-17(22)24-10-11-4-6-12(19)7-5-11/h1-7H,8-10H2. The number of thioether (sulfide) groups is 1. The molecule has 124 valence electrons. The molecule has 1 aliphatic rings. The predicted molar refractivity (Wildman–Crippen MR) is 92.4 cm³/mol. The predicted octanol–water partition coefficient (Wildman–Crippen LogP) is 4.36. The lowest BCUT2D eigenvalue weighted by Gasteiger charge is -2.18. The van der Waals surface area contributed by atoms with Crippen LogP contribution >= 0.6 is 23.4 Å². The molecule has 0 aromatic heterocycles. The van der Waals surface area contributed by atoms with E-state index in [0.717, 1.165) is 5.56 Å². The first-order chi connectivity index (χ1) is 11.6. The Morgan fingerprint density at radius 1 is 1.21 bits per heavy atom. The maximum atomic E-state index is 14.0. The zero-order chi connectivity index (χ0) is 17.1. The molecule has 0 fully saturated rings. The van der Waals surface area contributed by atoms with Crippen LogP contribution in [0.5, 0.6) is 0 Å². The van der Waals surface area contributed by atoms with Crippen molar-refractivity contribution in [2.24, 2.45) is 4.99 Å². The summed E-state index contributed by atoms with van der Waals surface area (Å²) in [5.41, 5.74) is 0.767. The number of halogens is 3. The molecule has 24 heavy (non-hydrogen) atoms. The van der Waals surface area contributed by atoms with E-state index in [1.807, 2.05) is 0 Å². The Morgan fingerprint density at radius 3 is 2.67 bits per heavy atom. The van der Waals surface area contributed by atoms with Gasteiger partial charge in [0.15, 0.2) is 5.17 Å². The normalized spacial score (nSPS) is 14.0. The van der Waals surface area contributed by atoms with Crippen LogP contribution in [0.25, 0.3) is 0 Å². The van der Waals surface area contributed by atoms with Gasteiger partial charge in [0.1, 0.15) is 11.6 Å².